The van der Waals surface area contributed by atoms with Crippen LogP contribution in [0.3, 0.4) is 0 Å². The SMILES string of the molecule is CCSC1c2cc(COC)nc3c(N)c(Cl)c(N)c(c23)N1C. The molecular weight excluding hydrogens is 320 g/mol. The maximum Gasteiger partial charge on any atom is 0.101 e. The Morgan fingerprint density at radius 3 is 2.77 bits per heavy atom. The molecule has 2 heterocycles. The van der Waals surface area contributed by atoms with Crippen molar-refractivity contribution in [3.63, 3.8) is 0 Å². The number of aromatic nitrogens is 1. The van der Waals surface area contributed by atoms with Gasteiger partial charge < -0.3 is 21.1 Å². The largest absolute Gasteiger partial charge is 0.396 e. The summed E-state index contributed by atoms with van der Waals surface area (Å²) >= 11 is 8.17. The van der Waals surface area contributed by atoms with Crippen LogP contribution in [0.1, 0.15) is 23.6 Å². The van der Waals surface area contributed by atoms with E-state index in [-0.39, 0.29) is 5.37 Å². The van der Waals surface area contributed by atoms with Gasteiger partial charge in [0.2, 0.25) is 0 Å². The Morgan fingerprint density at radius 1 is 1.41 bits per heavy atom. The number of hydrogen-bond donors (Lipinski definition) is 2. The third-order valence-corrected chi connectivity index (χ3v) is 5.54. The molecule has 1 unspecified atom stereocenters. The topological polar surface area (TPSA) is 77.4 Å². The first kappa shape index (κ1) is 15.5. The molecule has 1 aromatic heterocycles. The number of pyridine rings is 1. The first-order valence-electron chi connectivity index (χ1n) is 7.04. The summed E-state index contributed by atoms with van der Waals surface area (Å²) in [6.07, 6.45) is 0. The smallest absolute Gasteiger partial charge is 0.101 e. The van der Waals surface area contributed by atoms with Crippen LogP contribution >= 0.6 is 23.4 Å². The second-order valence-electron chi connectivity index (χ2n) is 5.27. The van der Waals surface area contributed by atoms with Gasteiger partial charge in [-0.2, -0.15) is 0 Å². The Morgan fingerprint density at radius 2 is 2.14 bits per heavy atom. The zero-order valence-electron chi connectivity index (χ0n) is 12.8. The molecule has 0 aliphatic carbocycles. The van der Waals surface area contributed by atoms with Crippen LogP contribution in [0.15, 0.2) is 6.07 Å². The lowest BCUT2D eigenvalue weighted by molar-refractivity contribution is 0.181. The lowest BCUT2D eigenvalue weighted by Crippen LogP contribution is -2.18. The van der Waals surface area contributed by atoms with Crippen molar-refractivity contribution >= 4 is 51.3 Å². The summed E-state index contributed by atoms with van der Waals surface area (Å²) < 4.78 is 5.23. The molecule has 0 saturated carbocycles. The predicted molar refractivity (Wildman–Crippen MR) is 95.6 cm³/mol. The molecular formula is C15H19ClN4OS. The van der Waals surface area contributed by atoms with E-state index in [9.17, 15) is 0 Å². The predicted octanol–water partition coefficient (Wildman–Crippen LogP) is 3.40. The monoisotopic (exact) mass is 338 g/mol. The summed E-state index contributed by atoms with van der Waals surface area (Å²) in [5.41, 5.74) is 17.0. The summed E-state index contributed by atoms with van der Waals surface area (Å²) in [5.74, 6) is 0.996. The Balaban J connectivity index is 2.37. The van der Waals surface area contributed by atoms with Crippen LogP contribution in [-0.2, 0) is 11.3 Å². The molecule has 0 fully saturated rings. The number of methoxy groups -OCH3 is 1. The van der Waals surface area contributed by atoms with Gasteiger partial charge in [0.1, 0.15) is 5.37 Å². The minimum absolute atomic E-state index is 0.182. The van der Waals surface area contributed by atoms with Crippen molar-refractivity contribution in [1.82, 2.24) is 4.98 Å². The van der Waals surface area contributed by atoms with Gasteiger partial charge in [0, 0.05) is 19.5 Å². The molecule has 1 aliphatic heterocycles. The van der Waals surface area contributed by atoms with Gasteiger partial charge in [0.15, 0.2) is 0 Å². The number of hydrogen-bond acceptors (Lipinski definition) is 6. The molecule has 0 bridgehead atoms. The number of nitrogens with zero attached hydrogens (tertiary/aromatic N) is 2. The molecule has 1 atom stereocenters. The van der Waals surface area contributed by atoms with Gasteiger partial charge in [-0.3, -0.25) is 0 Å². The zero-order chi connectivity index (χ0) is 16.0. The van der Waals surface area contributed by atoms with Crippen LogP contribution in [-0.4, -0.2) is 24.9 Å². The lowest BCUT2D eigenvalue weighted by atomic mass is 10.1. The summed E-state index contributed by atoms with van der Waals surface area (Å²) in [6.45, 7) is 2.58. The van der Waals surface area contributed by atoms with Crippen molar-refractivity contribution in [1.29, 1.82) is 0 Å². The number of thioether (sulfide) groups is 1. The van der Waals surface area contributed by atoms with Crippen LogP contribution in [0, 0.1) is 0 Å². The van der Waals surface area contributed by atoms with E-state index in [0.717, 1.165) is 22.5 Å². The van der Waals surface area contributed by atoms with Gasteiger partial charge in [-0.25, -0.2) is 4.98 Å². The fourth-order valence-corrected chi connectivity index (χ4v) is 4.21. The summed E-state index contributed by atoms with van der Waals surface area (Å²) in [5, 5.41) is 1.57. The average molecular weight is 339 g/mol. The van der Waals surface area contributed by atoms with Crippen LogP contribution in [0.5, 0.6) is 0 Å². The fraction of sp³-hybridized carbons (Fsp3) is 0.400. The molecule has 7 heteroatoms. The van der Waals surface area contributed by atoms with Gasteiger partial charge >= 0.3 is 0 Å². The van der Waals surface area contributed by atoms with Crippen LogP contribution < -0.4 is 16.4 Å². The summed E-state index contributed by atoms with van der Waals surface area (Å²) in [7, 11) is 3.68. The molecule has 4 N–H and O–H groups in total. The minimum Gasteiger partial charge on any atom is -0.396 e. The van der Waals surface area contributed by atoms with E-state index in [1.165, 1.54) is 5.56 Å². The highest BCUT2D eigenvalue weighted by Crippen LogP contribution is 2.54. The van der Waals surface area contributed by atoms with Gasteiger partial charge in [-0.05, 0) is 17.4 Å². The van der Waals surface area contributed by atoms with E-state index >= 15 is 0 Å². The molecule has 0 radical (unpaired) electrons. The van der Waals surface area contributed by atoms with Gasteiger partial charge in [0.25, 0.3) is 0 Å². The summed E-state index contributed by atoms with van der Waals surface area (Å²) in [6, 6.07) is 2.08. The number of ether oxygens (including phenoxy) is 1. The Kier molecular flexibility index (Phi) is 4.01. The maximum absolute atomic E-state index is 6.33. The minimum atomic E-state index is 0.182. The highest BCUT2D eigenvalue weighted by molar-refractivity contribution is 7.99. The van der Waals surface area contributed by atoms with Gasteiger partial charge in [0.05, 0.1) is 39.9 Å². The Labute approximate surface area is 138 Å². The van der Waals surface area contributed by atoms with Crippen molar-refractivity contribution in [3.8, 4) is 0 Å². The normalized spacial score (nSPS) is 16.7. The van der Waals surface area contributed by atoms with Crippen molar-refractivity contribution in [2.45, 2.75) is 18.9 Å². The lowest BCUT2D eigenvalue weighted by Gasteiger charge is -2.24. The van der Waals surface area contributed by atoms with Crippen molar-refractivity contribution in [2.24, 2.45) is 0 Å². The second kappa shape index (κ2) is 5.68. The molecule has 3 rings (SSSR count). The van der Waals surface area contributed by atoms with E-state index in [0.29, 0.717) is 28.5 Å². The van der Waals surface area contributed by atoms with Crippen molar-refractivity contribution in [2.75, 3.05) is 36.3 Å². The molecule has 5 nitrogen and oxygen atoms in total. The van der Waals surface area contributed by atoms with Crippen LogP contribution in [0.25, 0.3) is 10.9 Å². The Hall–Kier alpha value is -1.37. The van der Waals surface area contributed by atoms with E-state index in [4.69, 9.17) is 27.8 Å². The number of nitrogens with two attached hydrogens (primary N) is 2. The highest BCUT2D eigenvalue weighted by Gasteiger charge is 2.34. The first-order chi connectivity index (χ1) is 10.5. The van der Waals surface area contributed by atoms with E-state index in [2.05, 4.69) is 22.9 Å². The third-order valence-electron chi connectivity index (χ3n) is 3.91. The molecule has 2 aromatic rings. The molecule has 0 spiro atoms. The van der Waals surface area contributed by atoms with Gasteiger partial charge in [-0.1, -0.05) is 18.5 Å². The molecule has 1 aromatic carbocycles. The number of benzene rings is 1. The number of anilines is 3. The number of rotatable bonds is 4. The molecule has 1 aliphatic rings. The molecule has 0 amide bonds. The van der Waals surface area contributed by atoms with E-state index in [1.807, 2.05) is 18.8 Å². The summed E-state index contributed by atoms with van der Waals surface area (Å²) in [4.78, 5) is 6.79. The second-order valence-corrected chi connectivity index (χ2v) is 7.00. The maximum atomic E-state index is 6.33. The van der Waals surface area contributed by atoms with Crippen molar-refractivity contribution in [3.05, 3.63) is 22.3 Å². The van der Waals surface area contributed by atoms with Crippen LogP contribution in [0.2, 0.25) is 5.02 Å². The molecule has 0 saturated heterocycles. The highest BCUT2D eigenvalue weighted by atomic mass is 35.5. The quantitative estimate of drug-likeness (QED) is 0.832. The average Bonchev–Trinajstić information content (AvgIpc) is 2.77. The third kappa shape index (κ3) is 2.09. The van der Waals surface area contributed by atoms with Gasteiger partial charge in [-0.15, -0.1) is 11.8 Å². The molecule has 22 heavy (non-hydrogen) atoms. The number of halogens is 1. The molecule has 118 valence electrons. The standard InChI is InChI=1S/C15H19ClN4OS/c1-4-22-15-8-5-7(6-21-3)19-13-9(8)14(20(15)2)12(18)10(16)11(13)17/h5,15H,4,6,17-18H2,1-3H3. The fourth-order valence-electron chi connectivity index (χ4n) is 3.02. The zero-order valence-corrected chi connectivity index (χ0v) is 14.4. The Bertz CT molecular complexity index is 752. The van der Waals surface area contributed by atoms with Crippen LogP contribution in [0.4, 0.5) is 17.1 Å². The number of nitrogen functional groups attached to an aromatic ring is 2. The van der Waals surface area contributed by atoms with E-state index in [1.54, 1.807) is 7.11 Å². The first-order valence-corrected chi connectivity index (χ1v) is 8.47. The van der Waals surface area contributed by atoms with Crippen molar-refractivity contribution < 1.29 is 4.74 Å². The van der Waals surface area contributed by atoms with E-state index < -0.39 is 0 Å².